The summed E-state index contributed by atoms with van der Waals surface area (Å²) in [5, 5.41) is 16.4. The Bertz CT molecular complexity index is 1160. The number of aromatic nitrogens is 4. The summed E-state index contributed by atoms with van der Waals surface area (Å²) in [5.74, 6) is 2.30. The Labute approximate surface area is 182 Å². The summed E-state index contributed by atoms with van der Waals surface area (Å²) < 4.78 is 7.70. The molecule has 3 fully saturated rings. The molecule has 0 bridgehead atoms. The molecular formula is C24H29N5O2. The molecule has 1 N–H and O–H groups in total. The molecule has 3 aliphatic rings. The highest BCUT2D eigenvalue weighted by Gasteiger charge is 2.62. The molecule has 2 aromatic heterocycles. The number of anilines is 1. The van der Waals surface area contributed by atoms with Gasteiger partial charge < -0.3 is 14.7 Å². The Balaban J connectivity index is 1.32. The average Bonchev–Trinajstić information content (AvgIpc) is 3.57. The summed E-state index contributed by atoms with van der Waals surface area (Å²) in [6.45, 7) is 4.97. The van der Waals surface area contributed by atoms with Crippen LogP contribution in [-0.4, -0.2) is 56.3 Å². The predicted octanol–water partition coefficient (Wildman–Crippen LogP) is 3.45. The van der Waals surface area contributed by atoms with E-state index in [1.165, 1.54) is 24.8 Å². The van der Waals surface area contributed by atoms with Crippen molar-refractivity contribution in [1.82, 2.24) is 19.7 Å². The van der Waals surface area contributed by atoms with E-state index in [2.05, 4.69) is 38.2 Å². The predicted molar refractivity (Wildman–Crippen MR) is 119 cm³/mol. The quantitative estimate of drug-likeness (QED) is 0.683. The maximum atomic E-state index is 10.7. The second kappa shape index (κ2) is 6.26. The maximum Gasteiger partial charge on any atom is 0.159 e. The van der Waals surface area contributed by atoms with Gasteiger partial charge in [0.05, 0.1) is 23.9 Å². The van der Waals surface area contributed by atoms with Gasteiger partial charge in [0.25, 0.3) is 0 Å². The van der Waals surface area contributed by atoms with E-state index in [1.807, 2.05) is 30.8 Å². The molecule has 3 heterocycles. The van der Waals surface area contributed by atoms with Crippen molar-refractivity contribution >= 4 is 16.7 Å². The lowest BCUT2D eigenvalue weighted by atomic mass is 9.85. The van der Waals surface area contributed by atoms with Crippen molar-refractivity contribution in [1.29, 1.82) is 0 Å². The van der Waals surface area contributed by atoms with Gasteiger partial charge in [-0.2, -0.15) is 5.10 Å². The van der Waals surface area contributed by atoms with E-state index in [4.69, 9.17) is 4.74 Å². The van der Waals surface area contributed by atoms with E-state index in [9.17, 15) is 5.11 Å². The zero-order valence-corrected chi connectivity index (χ0v) is 18.4. The number of fused-ring (bicyclic) bond motifs is 1. The number of rotatable bonds is 5. The molecule has 1 aliphatic heterocycles. The van der Waals surface area contributed by atoms with Crippen molar-refractivity contribution < 1.29 is 9.84 Å². The number of methoxy groups -OCH3 is 1. The summed E-state index contributed by atoms with van der Waals surface area (Å²) in [6, 6.07) is 8.72. The zero-order valence-electron chi connectivity index (χ0n) is 18.4. The van der Waals surface area contributed by atoms with Crippen LogP contribution in [0.5, 0.6) is 0 Å². The van der Waals surface area contributed by atoms with Gasteiger partial charge in [0, 0.05) is 25.1 Å². The molecule has 0 amide bonds. The van der Waals surface area contributed by atoms with E-state index >= 15 is 0 Å². The molecule has 162 valence electrons. The molecule has 3 aromatic rings. The topological polar surface area (TPSA) is 76.3 Å². The summed E-state index contributed by atoms with van der Waals surface area (Å²) in [5.41, 5.74) is 1.59. The molecule has 1 aromatic carbocycles. The average molecular weight is 420 g/mol. The van der Waals surface area contributed by atoms with Crippen LogP contribution < -0.4 is 4.90 Å². The first-order valence-corrected chi connectivity index (χ1v) is 11.2. The molecule has 7 heteroatoms. The molecule has 1 spiro atoms. The van der Waals surface area contributed by atoms with Crippen LogP contribution in [0.1, 0.15) is 51.0 Å². The Morgan fingerprint density at radius 2 is 1.94 bits per heavy atom. The van der Waals surface area contributed by atoms with Crippen molar-refractivity contribution in [2.75, 3.05) is 25.1 Å². The highest BCUT2D eigenvalue weighted by molar-refractivity contribution is 5.81. The lowest BCUT2D eigenvalue weighted by molar-refractivity contribution is -0.138. The van der Waals surface area contributed by atoms with Gasteiger partial charge in [0.2, 0.25) is 0 Å². The van der Waals surface area contributed by atoms with Crippen LogP contribution >= 0.6 is 0 Å². The van der Waals surface area contributed by atoms with Crippen LogP contribution in [0.3, 0.4) is 0 Å². The van der Waals surface area contributed by atoms with Crippen molar-refractivity contribution in [3.63, 3.8) is 0 Å². The number of hydrogen-bond donors (Lipinski definition) is 1. The molecule has 1 saturated heterocycles. The standard InChI is InChI=1S/C24H29N5O2/c1-22(2,30)24(31-3)8-9-28(14-24)20-11-21(26-15-25-20)29-19-10-16(4-5-17(19)13-27-29)18-12-23(18)6-7-23/h4-5,10-11,13,15,18,30H,6-9,12,14H2,1-3H3/t18-,24?/m0/s1. The molecular weight excluding hydrogens is 390 g/mol. The third kappa shape index (κ3) is 2.90. The summed E-state index contributed by atoms with van der Waals surface area (Å²) >= 11 is 0. The molecule has 2 aliphatic carbocycles. The Hall–Kier alpha value is -2.51. The fourth-order valence-corrected chi connectivity index (χ4v) is 5.49. The van der Waals surface area contributed by atoms with Crippen LogP contribution in [0.15, 0.2) is 36.8 Å². The van der Waals surface area contributed by atoms with E-state index < -0.39 is 11.2 Å². The van der Waals surface area contributed by atoms with Crippen LogP contribution in [0.4, 0.5) is 5.82 Å². The number of nitrogens with zero attached hydrogens (tertiary/aromatic N) is 5. The normalized spacial score (nSPS) is 26.7. The third-order valence-corrected chi connectivity index (χ3v) is 8.00. The molecule has 7 nitrogen and oxygen atoms in total. The molecule has 2 atom stereocenters. The monoisotopic (exact) mass is 419 g/mol. The maximum absolute atomic E-state index is 10.7. The molecule has 6 rings (SSSR count). The van der Waals surface area contributed by atoms with Crippen LogP contribution in [0.25, 0.3) is 16.7 Å². The highest BCUT2D eigenvalue weighted by Crippen LogP contribution is 2.75. The summed E-state index contributed by atoms with van der Waals surface area (Å²) in [6.07, 6.45) is 8.34. The van der Waals surface area contributed by atoms with Gasteiger partial charge in [-0.1, -0.05) is 12.1 Å². The number of benzene rings is 1. The second-order valence-corrected chi connectivity index (χ2v) is 10.2. The number of hydrogen-bond acceptors (Lipinski definition) is 6. The first-order valence-electron chi connectivity index (χ1n) is 11.2. The van der Waals surface area contributed by atoms with E-state index in [0.717, 1.165) is 41.4 Å². The highest BCUT2D eigenvalue weighted by atomic mass is 16.5. The lowest BCUT2D eigenvalue weighted by Crippen LogP contribution is -2.53. The minimum atomic E-state index is -0.942. The first kappa shape index (κ1) is 19.2. The SMILES string of the molecule is COC1(C(C)(C)O)CCN(c2cc(-n3ncc4ccc([C@@H]5CC56CC6)cc43)ncn2)C1. The van der Waals surface area contributed by atoms with Crippen molar-refractivity contribution in [3.05, 3.63) is 42.4 Å². The van der Waals surface area contributed by atoms with Gasteiger partial charge in [0.15, 0.2) is 5.82 Å². The minimum Gasteiger partial charge on any atom is -0.387 e. The fraction of sp³-hybridized carbons (Fsp3) is 0.542. The summed E-state index contributed by atoms with van der Waals surface area (Å²) in [7, 11) is 1.67. The van der Waals surface area contributed by atoms with Crippen LogP contribution in [0, 0.1) is 5.41 Å². The minimum absolute atomic E-state index is 0.581. The van der Waals surface area contributed by atoms with Crippen molar-refractivity contribution in [2.24, 2.45) is 5.41 Å². The second-order valence-electron chi connectivity index (χ2n) is 10.2. The van der Waals surface area contributed by atoms with E-state index in [-0.39, 0.29) is 0 Å². The summed E-state index contributed by atoms with van der Waals surface area (Å²) in [4.78, 5) is 11.2. The van der Waals surface area contributed by atoms with Gasteiger partial charge in [0.1, 0.15) is 17.7 Å². The largest absolute Gasteiger partial charge is 0.387 e. The molecule has 2 saturated carbocycles. The van der Waals surface area contributed by atoms with Crippen molar-refractivity contribution in [3.8, 4) is 5.82 Å². The fourth-order valence-electron chi connectivity index (χ4n) is 5.49. The van der Waals surface area contributed by atoms with Gasteiger partial charge in [-0.25, -0.2) is 14.6 Å². The lowest BCUT2D eigenvalue weighted by Gasteiger charge is -2.39. The smallest absolute Gasteiger partial charge is 0.159 e. The Kier molecular flexibility index (Phi) is 3.88. The van der Waals surface area contributed by atoms with Gasteiger partial charge in [-0.15, -0.1) is 0 Å². The van der Waals surface area contributed by atoms with Gasteiger partial charge in [-0.3, -0.25) is 0 Å². The Morgan fingerprint density at radius 1 is 1.13 bits per heavy atom. The first-order chi connectivity index (χ1) is 14.8. The number of ether oxygens (including phenoxy) is 1. The van der Waals surface area contributed by atoms with Crippen molar-refractivity contribution in [2.45, 2.75) is 56.7 Å². The zero-order chi connectivity index (χ0) is 21.4. The molecule has 0 radical (unpaired) electrons. The number of aliphatic hydroxyl groups is 1. The Morgan fingerprint density at radius 3 is 2.61 bits per heavy atom. The van der Waals surface area contributed by atoms with Crippen LogP contribution in [0.2, 0.25) is 0 Å². The van der Waals surface area contributed by atoms with E-state index in [0.29, 0.717) is 12.0 Å². The van der Waals surface area contributed by atoms with E-state index in [1.54, 1.807) is 13.4 Å². The van der Waals surface area contributed by atoms with Gasteiger partial charge in [-0.05, 0) is 62.5 Å². The molecule has 31 heavy (non-hydrogen) atoms. The van der Waals surface area contributed by atoms with Gasteiger partial charge >= 0.3 is 0 Å². The third-order valence-electron chi connectivity index (χ3n) is 8.00. The van der Waals surface area contributed by atoms with Crippen LogP contribution in [-0.2, 0) is 4.74 Å². The molecule has 1 unspecified atom stereocenters.